The van der Waals surface area contributed by atoms with Crippen molar-refractivity contribution in [1.29, 1.82) is 0 Å². The molecule has 0 amide bonds. The van der Waals surface area contributed by atoms with Crippen molar-refractivity contribution in [2.24, 2.45) is 0 Å². The molecule has 0 spiro atoms. The number of rotatable bonds is 4. The maximum absolute atomic E-state index is 13.8. The Kier molecular flexibility index (Phi) is 4.91. The van der Waals surface area contributed by atoms with E-state index < -0.39 is 17.5 Å². The van der Waals surface area contributed by atoms with Crippen LogP contribution in [0.15, 0.2) is 12.1 Å². The molecule has 0 radical (unpaired) electrons. The van der Waals surface area contributed by atoms with Crippen molar-refractivity contribution in [3.8, 4) is 0 Å². The number of hydrogen-bond donors (Lipinski definition) is 1. The Morgan fingerprint density at radius 2 is 1.90 bits per heavy atom. The van der Waals surface area contributed by atoms with Crippen LogP contribution in [0.2, 0.25) is 0 Å². The summed E-state index contributed by atoms with van der Waals surface area (Å²) in [7, 11) is 0. The van der Waals surface area contributed by atoms with Gasteiger partial charge >= 0.3 is 0 Å². The summed E-state index contributed by atoms with van der Waals surface area (Å²) in [5, 5.41) is 3.44. The van der Waals surface area contributed by atoms with Gasteiger partial charge in [0.15, 0.2) is 11.6 Å². The first-order valence-electron chi connectivity index (χ1n) is 7.17. The minimum Gasteiger partial charge on any atom is -0.364 e. The molecule has 1 N–H and O–H groups in total. The number of nitrogens with one attached hydrogen (secondary N) is 1. The van der Waals surface area contributed by atoms with Gasteiger partial charge in [-0.25, -0.2) is 13.2 Å². The standard InChI is InChI=1S/C15H21F3N2/c1-3-5-19-12-4-6-20(10(2)7-12)15-13(17)8-11(16)9-14(15)18/h8-10,12,19H,3-7H2,1-2H3. The van der Waals surface area contributed by atoms with Crippen LogP contribution < -0.4 is 10.2 Å². The van der Waals surface area contributed by atoms with Crippen LogP contribution in [0.25, 0.3) is 0 Å². The number of hydrogen-bond acceptors (Lipinski definition) is 2. The first-order valence-corrected chi connectivity index (χ1v) is 7.17. The Labute approximate surface area is 118 Å². The second kappa shape index (κ2) is 6.48. The maximum Gasteiger partial charge on any atom is 0.152 e. The second-order valence-corrected chi connectivity index (χ2v) is 5.44. The smallest absolute Gasteiger partial charge is 0.152 e. The fraction of sp³-hybridized carbons (Fsp3) is 0.600. The molecule has 2 rings (SSSR count). The third-order valence-corrected chi connectivity index (χ3v) is 3.83. The summed E-state index contributed by atoms with van der Waals surface area (Å²) in [6.07, 6.45) is 2.73. The number of nitrogens with zero attached hydrogens (tertiary/aromatic N) is 1. The summed E-state index contributed by atoms with van der Waals surface area (Å²) in [6.45, 7) is 5.58. The average Bonchev–Trinajstić information content (AvgIpc) is 2.37. The van der Waals surface area contributed by atoms with Crippen molar-refractivity contribution < 1.29 is 13.2 Å². The zero-order chi connectivity index (χ0) is 14.7. The number of halogens is 3. The molecule has 2 nitrogen and oxygen atoms in total. The Morgan fingerprint density at radius 1 is 1.25 bits per heavy atom. The van der Waals surface area contributed by atoms with Gasteiger partial charge in [0.2, 0.25) is 0 Å². The number of anilines is 1. The van der Waals surface area contributed by atoms with Gasteiger partial charge in [0.25, 0.3) is 0 Å². The second-order valence-electron chi connectivity index (χ2n) is 5.44. The lowest BCUT2D eigenvalue weighted by Crippen LogP contribution is -2.48. The third kappa shape index (κ3) is 3.26. The highest BCUT2D eigenvalue weighted by atomic mass is 19.1. The van der Waals surface area contributed by atoms with Crippen LogP contribution in [-0.4, -0.2) is 25.2 Å². The molecule has 1 aromatic carbocycles. The van der Waals surface area contributed by atoms with Crippen molar-refractivity contribution in [1.82, 2.24) is 5.32 Å². The first kappa shape index (κ1) is 15.2. The van der Waals surface area contributed by atoms with E-state index in [2.05, 4.69) is 12.2 Å². The van der Waals surface area contributed by atoms with Gasteiger partial charge in [-0.1, -0.05) is 6.92 Å². The van der Waals surface area contributed by atoms with Crippen molar-refractivity contribution in [3.63, 3.8) is 0 Å². The molecule has 0 bridgehead atoms. The molecule has 1 aromatic rings. The van der Waals surface area contributed by atoms with E-state index in [1.165, 1.54) is 0 Å². The SMILES string of the molecule is CCCNC1CCN(c2c(F)cc(F)cc2F)C(C)C1. The molecular formula is C15H21F3N2. The minimum atomic E-state index is -0.879. The van der Waals surface area contributed by atoms with E-state index in [1.54, 1.807) is 4.90 Å². The quantitative estimate of drug-likeness (QED) is 0.912. The molecule has 5 heteroatoms. The van der Waals surface area contributed by atoms with Gasteiger partial charge in [-0.15, -0.1) is 0 Å². The molecule has 1 fully saturated rings. The highest BCUT2D eigenvalue weighted by Gasteiger charge is 2.29. The molecule has 0 aromatic heterocycles. The van der Waals surface area contributed by atoms with Gasteiger partial charge in [-0.2, -0.15) is 0 Å². The Morgan fingerprint density at radius 3 is 2.45 bits per heavy atom. The van der Waals surface area contributed by atoms with E-state index in [-0.39, 0.29) is 11.7 Å². The predicted octanol–water partition coefficient (Wildman–Crippen LogP) is 3.46. The summed E-state index contributed by atoms with van der Waals surface area (Å²) in [4.78, 5) is 1.70. The lowest BCUT2D eigenvalue weighted by molar-refractivity contribution is 0.362. The van der Waals surface area contributed by atoms with Crippen molar-refractivity contribution >= 4 is 5.69 Å². The zero-order valence-electron chi connectivity index (χ0n) is 11.9. The zero-order valence-corrected chi connectivity index (χ0v) is 11.9. The van der Waals surface area contributed by atoms with Crippen LogP contribution in [-0.2, 0) is 0 Å². The average molecular weight is 286 g/mol. The summed E-state index contributed by atoms with van der Waals surface area (Å²) in [6, 6.07) is 1.89. The fourth-order valence-corrected chi connectivity index (χ4v) is 2.85. The van der Waals surface area contributed by atoms with Crippen molar-refractivity contribution in [3.05, 3.63) is 29.6 Å². The predicted molar refractivity (Wildman–Crippen MR) is 74.4 cm³/mol. The number of benzene rings is 1. The first-order chi connectivity index (χ1) is 9.52. The highest BCUT2D eigenvalue weighted by molar-refractivity contribution is 5.50. The van der Waals surface area contributed by atoms with Gasteiger partial charge < -0.3 is 10.2 Å². The van der Waals surface area contributed by atoms with Crippen molar-refractivity contribution in [2.45, 2.75) is 45.2 Å². The Bertz CT molecular complexity index is 441. The maximum atomic E-state index is 13.8. The van der Waals surface area contributed by atoms with Crippen LogP contribution in [0.3, 0.4) is 0 Å². The summed E-state index contributed by atoms with van der Waals surface area (Å²) >= 11 is 0. The van der Waals surface area contributed by atoms with Crippen molar-refractivity contribution in [2.75, 3.05) is 18.0 Å². The van der Waals surface area contributed by atoms with E-state index in [1.807, 2.05) is 6.92 Å². The Hall–Kier alpha value is -1.23. The molecule has 1 heterocycles. The third-order valence-electron chi connectivity index (χ3n) is 3.83. The normalized spacial score (nSPS) is 23.1. The monoisotopic (exact) mass is 286 g/mol. The van der Waals surface area contributed by atoms with E-state index in [0.29, 0.717) is 12.6 Å². The van der Waals surface area contributed by atoms with E-state index in [9.17, 15) is 13.2 Å². The lowest BCUT2D eigenvalue weighted by Gasteiger charge is -2.39. The van der Waals surface area contributed by atoms with Crippen LogP contribution in [0.1, 0.15) is 33.1 Å². The van der Waals surface area contributed by atoms with Gasteiger partial charge in [0, 0.05) is 30.8 Å². The van der Waals surface area contributed by atoms with Gasteiger partial charge in [-0.05, 0) is 32.7 Å². The molecule has 2 unspecified atom stereocenters. The lowest BCUT2D eigenvalue weighted by atomic mass is 9.97. The topological polar surface area (TPSA) is 15.3 Å². The summed E-state index contributed by atoms with van der Waals surface area (Å²) in [5.41, 5.74) is -0.104. The summed E-state index contributed by atoms with van der Waals surface area (Å²) < 4.78 is 40.6. The molecule has 0 aliphatic carbocycles. The summed E-state index contributed by atoms with van der Waals surface area (Å²) in [5.74, 6) is -2.53. The van der Waals surface area contributed by atoms with Gasteiger partial charge in [0.1, 0.15) is 11.5 Å². The molecule has 1 aliphatic rings. The van der Waals surface area contributed by atoms with Crippen LogP contribution in [0, 0.1) is 17.5 Å². The largest absolute Gasteiger partial charge is 0.364 e. The van der Waals surface area contributed by atoms with E-state index in [0.717, 1.165) is 37.9 Å². The molecule has 20 heavy (non-hydrogen) atoms. The van der Waals surface area contributed by atoms with Gasteiger partial charge in [-0.3, -0.25) is 0 Å². The number of piperidine rings is 1. The minimum absolute atomic E-state index is 0.0209. The van der Waals surface area contributed by atoms with Crippen LogP contribution in [0.4, 0.5) is 18.9 Å². The fourth-order valence-electron chi connectivity index (χ4n) is 2.85. The molecule has 2 atom stereocenters. The molecule has 1 saturated heterocycles. The Balaban J connectivity index is 2.12. The molecule has 1 aliphatic heterocycles. The molecule has 112 valence electrons. The highest BCUT2D eigenvalue weighted by Crippen LogP contribution is 2.30. The van der Waals surface area contributed by atoms with E-state index in [4.69, 9.17) is 0 Å². The molecular weight excluding hydrogens is 265 g/mol. The van der Waals surface area contributed by atoms with Crippen LogP contribution >= 0.6 is 0 Å². The van der Waals surface area contributed by atoms with E-state index >= 15 is 0 Å². The molecule has 0 saturated carbocycles. The van der Waals surface area contributed by atoms with Crippen LogP contribution in [0.5, 0.6) is 0 Å². The van der Waals surface area contributed by atoms with Gasteiger partial charge in [0.05, 0.1) is 0 Å².